The zero-order valence-corrected chi connectivity index (χ0v) is 17.8. The smallest absolute Gasteiger partial charge is 0.146 e. The van der Waals surface area contributed by atoms with E-state index in [1.165, 1.54) is 0 Å². The summed E-state index contributed by atoms with van der Waals surface area (Å²) in [5.41, 5.74) is 3.47. The molecule has 0 radical (unpaired) electrons. The summed E-state index contributed by atoms with van der Waals surface area (Å²) < 4.78 is 12.4. The van der Waals surface area contributed by atoms with Crippen molar-refractivity contribution in [1.82, 2.24) is 9.88 Å². The molecule has 3 aromatic rings. The maximum atomic E-state index is 10.6. The topological polar surface area (TPSA) is 54.8 Å². The van der Waals surface area contributed by atoms with E-state index < -0.39 is 5.60 Å². The van der Waals surface area contributed by atoms with Crippen LogP contribution in [0.5, 0.6) is 11.5 Å². The molecule has 1 N–H and O–H groups in total. The first-order valence-electron chi connectivity index (χ1n) is 10.4. The molecule has 0 fully saturated rings. The molecule has 0 saturated heterocycles. The van der Waals surface area contributed by atoms with Crippen molar-refractivity contribution in [2.24, 2.45) is 0 Å². The maximum absolute atomic E-state index is 10.6. The highest BCUT2D eigenvalue weighted by atomic mass is 16.5. The Hall–Kier alpha value is -2.89. The summed E-state index contributed by atoms with van der Waals surface area (Å²) in [5, 5.41) is 10.6. The summed E-state index contributed by atoms with van der Waals surface area (Å²) >= 11 is 0. The van der Waals surface area contributed by atoms with Crippen LogP contribution in [0.15, 0.2) is 60.8 Å². The van der Waals surface area contributed by atoms with Gasteiger partial charge in [-0.05, 0) is 43.3 Å². The summed E-state index contributed by atoms with van der Waals surface area (Å²) in [5.74, 6) is 1.03. The zero-order chi connectivity index (χ0) is 21.1. The van der Waals surface area contributed by atoms with Gasteiger partial charge in [-0.2, -0.15) is 0 Å². The lowest BCUT2D eigenvalue weighted by Crippen LogP contribution is -2.29. The van der Waals surface area contributed by atoms with Gasteiger partial charge in [0.2, 0.25) is 0 Å². The van der Waals surface area contributed by atoms with E-state index in [9.17, 15) is 5.11 Å². The van der Waals surface area contributed by atoms with Crippen LogP contribution in [-0.4, -0.2) is 34.8 Å². The fourth-order valence-electron chi connectivity index (χ4n) is 4.03. The molecule has 0 spiro atoms. The van der Waals surface area contributed by atoms with Crippen molar-refractivity contribution in [3.05, 3.63) is 88.7 Å². The van der Waals surface area contributed by atoms with Gasteiger partial charge in [-0.15, -0.1) is 0 Å². The van der Waals surface area contributed by atoms with Crippen LogP contribution in [0, 0.1) is 6.92 Å². The molecule has 2 aromatic carbocycles. The standard InChI is InChI=1S/C25H28N2O3/c1-4-27(5-2)17-29-21-13-11-20(12-14-21)25(19-9-7-6-8-10-19)23-15-26-18(3)24(28)22(23)16-30-25/h6-15,28H,4-5,16-17H2,1-3H3. The van der Waals surface area contributed by atoms with Crippen molar-refractivity contribution >= 4 is 0 Å². The molecule has 30 heavy (non-hydrogen) atoms. The SMILES string of the molecule is CCN(CC)COc1ccc(C2(c3ccccc3)OCc3c2cnc(C)c3O)cc1. The summed E-state index contributed by atoms with van der Waals surface area (Å²) in [6.07, 6.45) is 1.83. The molecular formula is C25H28N2O3. The average molecular weight is 405 g/mol. The van der Waals surface area contributed by atoms with Crippen LogP contribution in [0.2, 0.25) is 0 Å². The van der Waals surface area contributed by atoms with Gasteiger partial charge in [0.15, 0.2) is 0 Å². The highest BCUT2D eigenvalue weighted by Crippen LogP contribution is 2.49. The summed E-state index contributed by atoms with van der Waals surface area (Å²) in [6.45, 7) is 8.85. The van der Waals surface area contributed by atoms with Crippen LogP contribution in [-0.2, 0) is 16.9 Å². The predicted octanol–water partition coefficient (Wildman–Crippen LogP) is 4.60. The lowest BCUT2D eigenvalue weighted by atomic mass is 9.80. The van der Waals surface area contributed by atoms with E-state index in [0.29, 0.717) is 19.0 Å². The molecule has 4 rings (SSSR count). The van der Waals surface area contributed by atoms with E-state index in [1.54, 1.807) is 6.92 Å². The number of benzene rings is 2. The molecule has 1 atom stereocenters. The minimum atomic E-state index is -0.813. The molecule has 5 heteroatoms. The Balaban J connectivity index is 1.75. The number of aromatic hydroxyl groups is 1. The molecule has 1 unspecified atom stereocenters. The molecule has 1 aromatic heterocycles. The van der Waals surface area contributed by atoms with E-state index in [1.807, 2.05) is 48.7 Å². The number of hydrogen-bond donors (Lipinski definition) is 1. The number of aromatic nitrogens is 1. The summed E-state index contributed by atoms with van der Waals surface area (Å²) in [4.78, 5) is 6.64. The second-order valence-corrected chi connectivity index (χ2v) is 7.52. The number of ether oxygens (including phenoxy) is 2. The van der Waals surface area contributed by atoms with Crippen molar-refractivity contribution in [3.63, 3.8) is 0 Å². The fourth-order valence-corrected chi connectivity index (χ4v) is 4.03. The van der Waals surface area contributed by atoms with E-state index in [-0.39, 0.29) is 5.75 Å². The molecule has 156 valence electrons. The largest absolute Gasteiger partial charge is 0.506 e. The Bertz CT molecular complexity index is 1000. The van der Waals surface area contributed by atoms with Gasteiger partial charge in [-0.3, -0.25) is 9.88 Å². The van der Waals surface area contributed by atoms with Gasteiger partial charge in [-0.25, -0.2) is 0 Å². The van der Waals surface area contributed by atoms with Crippen molar-refractivity contribution in [1.29, 1.82) is 0 Å². The minimum Gasteiger partial charge on any atom is -0.506 e. The molecule has 1 aliphatic heterocycles. The molecule has 0 saturated carbocycles. The third kappa shape index (κ3) is 3.44. The van der Waals surface area contributed by atoms with Crippen molar-refractivity contribution < 1.29 is 14.6 Å². The predicted molar refractivity (Wildman–Crippen MR) is 117 cm³/mol. The van der Waals surface area contributed by atoms with Gasteiger partial charge in [0, 0.05) is 17.3 Å². The van der Waals surface area contributed by atoms with Crippen LogP contribution in [0.4, 0.5) is 0 Å². The second-order valence-electron chi connectivity index (χ2n) is 7.52. The monoisotopic (exact) mass is 404 g/mol. The van der Waals surface area contributed by atoms with Crippen LogP contribution in [0.3, 0.4) is 0 Å². The van der Waals surface area contributed by atoms with E-state index in [0.717, 1.165) is 41.1 Å². The molecule has 1 aliphatic rings. The molecule has 0 bridgehead atoms. The lowest BCUT2D eigenvalue weighted by Gasteiger charge is -2.31. The Labute approximate surface area is 177 Å². The number of pyridine rings is 1. The fraction of sp³-hybridized carbons (Fsp3) is 0.320. The van der Waals surface area contributed by atoms with Crippen LogP contribution >= 0.6 is 0 Å². The van der Waals surface area contributed by atoms with Gasteiger partial charge >= 0.3 is 0 Å². The van der Waals surface area contributed by atoms with Gasteiger partial charge in [0.25, 0.3) is 0 Å². The first-order valence-corrected chi connectivity index (χ1v) is 10.4. The van der Waals surface area contributed by atoms with Gasteiger partial charge in [0.05, 0.1) is 12.3 Å². The van der Waals surface area contributed by atoms with Crippen LogP contribution < -0.4 is 4.74 Å². The van der Waals surface area contributed by atoms with Crippen molar-refractivity contribution in [2.75, 3.05) is 19.8 Å². The second kappa shape index (κ2) is 8.46. The third-order valence-corrected chi connectivity index (χ3v) is 5.90. The highest BCUT2D eigenvalue weighted by Gasteiger charge is 2.45. The number of nitrogens with zero attached hydrogens (tertiary/aromatic N) is 2. The number of fused-ring (bicyclic) bond motifs is 1. The van der Waals surface area contributed by atoms with Gasteiger partial charge in [0.1, 0.15) is 23.8 Å². The molecule has 0 amide bonds. The first-order chi connectivity index (χ1) is 14.6. The highest BCUT2D eigenvalue weighted by molar-refractivity contribution is 5.56. The number of rotatable bonds is 7. The van der Waals surface area contributed by atoms with E-state index in [2.05, 4.69) is 35.9 Å². The van der Waals surface area contributed by atoms with Crippen LogP contribution in [0.25, 0.3) is 0 Å². The molecule has 5 nitrogen and oxygen atoms in total. The minimum absolute atomic E-state index is 0.212. The molecular weight excluding hydrogens is 376 g/mol. The Morgan fingerprint density at radius 2 is 1.70 bits per heavy atom. The van der Waals surface area contributed by atoms with Crippen molar-refractivity contribution in [3.8, 4) is 11.5 Å². The van der Waals surface area contributed by atoms with Gasteiger partial charge < -0.3 is 14.6 Å². The Morgan fingerprint density at radius 1 is 1.03 bits per heavy atom. The summed E-state index contributed by atoms with van der Waals surface area (Å²) in [6, 6.07) is 18.1. The molecule has 2 heterocycles. The Morgan fingerprint density at radius 3 is 2.37 bits per heavy atom. The average Bonchev–Trinajstić information content (AvgIpc) is 3.19. The van der Waals surface area contributed by atoms with Crippen LogP contribution in [0.1, 0.15) is 41.8 Å². The van der Waals surface area contributed by atoms with Gasteiger partial charge in [-0.1, -0.05) is 56.3 Å². The normalized spacial score (nSPS) is 17.9. The maximum Gasteiger partial charge on any atom is 0.146 e. The van der Waals surface area contributed by atoms with E-state index in [4.69, 9.17) is 9.47 Å². The zero-order valence-electron chi connectivity index (χ0n) is 17.8. The number of aryl methyl sites for hydroxylation is 1. The Kier molecular flexibility index (Phi) is 5.75. The number of hydrogen-bond acceptors (Lipinski definition) is 5. The first kappa shape index (κ1) is 20.4. The third-order valence-electron chi connectivity index (χ3n) is 5.90. The lowest BCUT2D eigenvalue weighted by molar-refractivity contribution is 0.0263. The quantitative estimate of drug-likeness (QED) is 0.584. The van der Waals surface area contributed by atoms with E-state index >= 15 is 0 Å². The summed E-state index contributed by atoms with van der Waals surface area (Å²) in [7, 11) is 0. The van der Waals surface area contributed by atoms with Crippen molar-refractivity contribution in [2.45, 2.75) is 33.0 Å². The molecule has 0 aliphatic carbocycles.